The molecule has 0 saturated carbocycles. The van der Waals surface area contributed by atoms with Crippen molar-refractivity contribution in [3.8, 4) is 5.75 Å². The van der Waals surface area contributed by atoms with E-state index in [0.717, 1.165) is 11.8 Å². The third kappa shape index (κ3) is 4.01. The van der Waals surface area contributed by atoms with Crippen LogP contribution in [0.15, 0.2) is 35.2 Å². The van der Waals surface area contributed by atoms with Gasteiger partial charge in [0.25, 0.3) is 5.91 Å². The summed E-state index contributed by atoms with van der Waals surface area (Å²) < 4.78 is 28.5. The van der Waals surface area contributed by atoms with Crippen molar-refractivity contribution in [2.24, 2.45) is 0 Å². The molecular formula is C16H15Cl2NO4S. The van der Waals surface area contributed by atoms with Crippen LogP contribution in [0.4, 0.5) is 5.69 Å². The van der Waals surface area contributed by atoms with Crippen LogP contribution < -0.4 is 10.1 Å². The van der Waals surface area contributed by atoms with E-state index in [1.807, 2.05) is 0 Å². The van der Waals surface area contributed by atoms with Crippen LogP contribution >= 0.6 is 23.2 Å². The number of carbonyl (C=O) groups excluding carboxylic acids is 1. The van der Waals surface area contributed by atoms with Gasteiger partial charge in [-0.2, -0.15) is 0 Å². The maximum Gasteiger partial charge on any atom is 0.257 e. The van der Waals surface area contributed by atoms with E-state index >= 15 is 0 Å². The van der Waals surface area contributed by atoms with Crippen molar-refractivity contribution >= 4 is 44.6 Å². The van der Waals surface area contributed by atoms with E-state index in [4.69, 9.17) is 27.9 Å². The monoisotopic (exact) mass is 387 g/mol. The first kappa shape index (κ1) is 18.6. The number of hydrogen-bond donors (Lipinski definition) is 1. The highest BCUT2D eigenvalue weighted by Gasteiger charge is 2.17. The van der Waals surface area contributed by atoms with Crippen molar-refractivity contribution in [1.82, 2.24) is 0 Å². The van der Waals surface area contributed by atoms with Crippen LogP contribution in [0.3, 0.4) is 0 Å². The number of carbonyl (C=O) groups is 1. The maximum absolute atomic E-state index is 12.5. The van der Waals surface area contributed by atoms with Gasteiger partial charge in [-0.25, -0.2) is 8.42 Å². The standard InChI is InChI=1S/C16H15Cl2NO4S/c1-9-6-14(15(23-2)8-13(9)18)19-16(20)11-7-10(24(3,21)22)4-5-12(11)17/h4-8H,1-3H3,(H,19,20). The Bertz CT molecular complexity index is 911. The number of halogens is 2. The zero-order valence-corrected chi connectivity index (χ0v) is 15.5. The molecule has 0 radical (unpaired) electrons. The van der Waals surface area contributed by atoms with Gasteiger partial charge in [0, 0.05) is 17.3 Å². The largest absolute Gasteiger partial charge is 0.495 e. The summed E-state index contributed by atoms with van der Waals surface area (Å²) in [6, 6.07) is 7.20. The number of anilines is 1. The zero-order valence-electron chi connectivity index (χ0n) is 13.2. The summed E-state index contributed by atoms with van der Waals surface area (Å²) in [6.07, 6.45) is 1.06. The topological polar surface area (TPSA) is 72.5 Å². The van der Waals surface area contributed by atoms with E-state index in [-0.39, 0.29) is 15.5 Å². The summed E-state index contributed by atoms with van der Waals surface area (Å²) in [5.41, 5.74) is 1.21. The third-order valence-electron chi connectivity index (χ3n) is 3.34. The highest BCUT2D eigenvalue weighted by Crippen LogP contribution is 2.32. The van der Waals surface area contributed by atoms with E-state index in [9.17, 15) is 13.2 Å². The van der Waals surface area contributed by atoms with Crippen LogP contribution in [0, 0.1) is 6.92 Å². The predicted molar refractivity (Wildman–Crippen MR) is 95.3 cm³/mol. The molecule has 8 heteroatoms. The second-order valence-electron chi connectivity index (χ2n) is 5.17. The van der Waals surface area contributed by atoms with Crippen molar-refractivity contribution in [3.63, 3.8) is 0 Å². The van der Waals surface area contributed by atoms with Crippen LogP contribution in [-0.2, 0) is 9.84 Å². The molecule has 0 spiro atoms. The molecule has 0 heterocycles. The van der Waals surface area contributed by atoms with Crippen molar-refractivity contribution in [2.45, 2.75) is 11.8 Å². The Morgan fingerprint density at radius 3 is 2.38 bits per heavy atom. The van der Waals surface area contributed by atoms with Crippen LogP contribution in [-0.4, -0.2) is 27.7 Å². The molecule has 2 rings (SSSR count). The number of rotatable bonds is 4. The number of sulfone groups is 1. The number of methoxy groups -OCH3 is 1. The molecule has 1 N–H and O–H groups in total. The number of ether oxygens (including phenoxy) is 1. The lowest BCUT2D eigenvalue weighted by Gasteiger charge is -2.13. The summed E-state index contributed by atoms with van der Waals surface area (Å²) in [5, 5.41) is 3.31. The van der Waals surface area contributed by atoms with E-state index in [1.165, 1.54) is 25.3 Å². The number of benzene rings is 2. The summed E-state index contributed by atoms with van der Waals surface area (Å²) in [6.45, 7) is 1.79. The second-order valence-corrected chi connectivity index (χ2v) is 8.00. The zero-order chi connectivity index (χ0) is 18.1. The lowest BCUT2D eigenvalue weighted by atomic mass is 10.1. The molecule has 0 unspecified atom stereocenters. The van der Waals surface area contributed by atoms with Crippen molar-refractivity contribution in [3.05, 3.63) is 51.5 Å². The quantitative estimate of drug-likeness (QED) is 0.861. The molecular weight excluding hydrogens is 373 g/mol. The average Bonchev–Trinajstić information content (AvgIpc) is 2.49. The van der Waals surface area contributed by atoms with E-state index in [1.54, 1.807) is 19.1 Å². The minimum absolute atomic E-state index is 0.0105. The number of hydrogen-bond acceptors (Lipinski definition) is 4. The Morgan fingerprint density at radius 2 is 1.79 bits per heavy atom. The molecule has 0 fully saturated rings. The van der Waals surface area contributed by atoms with Gasteiger partial charge in [-0.05, 0) is 36.8 Å². The SMILES string of the molecule is COc1cc(Cl)c(C)cc1NC(=O)c1cc(S(C)(=O)=O)ccc1Cl. The molecule has 24 heavy (non-hydrogen) atoms. The van der Waals surface area contributed by atoms with Gasteiger partial charge in [0.15, 0.2) is 9.84 Å². The Morgan fingerprint density at radius 1 is 1.12 bits per heavy atom. The van der Waals surface area contributed by atoms with Gasteiger partial charge in [0.1, 0.15) is 5.75 Å². The highest BCUT2D eigenvalue weighted by molar-refractivity contribution is 7.90. The van der Waals surface area contributed by atoms with Crippen LogP contribution in [0.1, 0.15) is 15.9 Å². The van der Waals surface area contributed by atoms with Gasteiger partial charge in [0.05, 0.1) is 28.3 Å². The van der Waals surface area contributed by atoms with Gasteiger partial charge in [-0.1, -0.05) is 23.2 Å². The number of amides is 1. The fourth-order valence-corrected chi connectivity index (χ4v) is 3.03. The minimum atomic E-state index is -3.45. The Kier molecular flexibility index (Phi) is 5.42. The summed E-state index contributed by atoms with van der Waals surface area (Å²) in [4.78, 5) is 12.5. The molecule has 0 aliphatic carbocycles. The molecule has 0 aliphatic rings. The average molecular weight is 388 g/mol. The molecule has 0 saturated heterocycles. The molecule has 1 amide bonds. The molecule has 0 aromatic heterocycles. The molecule has 0 atom stereocenters. The molecule has 2 aromatic rings. The molecule has 0 aliphatic heterocycles. The second kappa shape index (κ2) is 7.01. The first-order valence-corrected chi connectivity index (χ1v) is 9.43. The predicted octanol–water partition coefficient (Wildman–Crippen LogP) is 3.97. The van der Waals surface area contributed by atoms with E-state index in [2.05, 4.69) is 5.32 Å². The Labute approximate surface area is 150 Å². The lowest BCUT2D eigenvalue weighted by Crippen LogP contribution is -2.14. The summed E-state index contributed by atoms with van der Waals surface area (Å²) in [5.74, 6) is -0.167. The summed E-state index contributed by atoms with van der Waals surface area (Å²) >= 11 is 12.1. The number of nitrogens with one attached hydrogen (secondary N) is 1. The summed E-state index contributed by atoms with van der Waals surface area (Å²) in [7, 11) is -2.00. The van der Waals surface area contributed by atoms with Crippen LogP contribution in [0.5, 0.6) is 5.75 Å². The highest BCUT2D eigenvalue weighted by atomic mass is 35.5. The molecule has 128 valence electrons. The Balaban J connectivity index is 2.43. The molecule has 2 aromatic carbocycles. The van der Waals surface area contributed by atoms with Gasteiger partial charge >= 0.3 is 0 Å². The molecule has 5 nitrogen and oxygen atoms in total. The van der Waals surface area contributed by atoms with Crippen LogP contribution in [0.2, 0.25) is 10.0 Å². The van der Waals surface area contributed by atoms with Gasteiger partial charge in [-0.15, -0.1) is 0 Å². The Hall–Kier alpha value is -1.76. The van der Waals surface area contributed by atoms with E-state index < -0.39 is 15.7 Å². The normalized spacial score (nSPS) is 11.2. The first-order valence-electron chi connectivity index (χ1n) is 6.78. The van der Waals surface area contributed by atoms with Gasteiger partial charge in [0.2, 0.25) is 0 Å². The lowest BCUT2D eigenvalue weighted by molar-refractivity contribution is 0.102. The fraction of sp³-hybridized carbons (Fsp3) is 0.188. The van der Waals surface area contributed by atoms with Gasteiger partial charge in [-0.3, -0.25) is 4.79 Å². The first-order chi connectivity index (χ1) is 11.1. The minimum Gasteiger partial charge on any atom is -0.495 e. The molecule has 0 bridgehead atoms. The number of aryl methyl sites for hydroxylation is 1. The maximum atomic E-state index is 12.5. The third-order valence-corrected chi connectivity index (χ3v) is 5.19. The fourth-order valence-electron chi connectivity index (χ4n) is 2.03. The van der Waals surface area contributed by atoms with Gasteiger partial charge < -0.3 is 10.1 Å². The van der Waals surface area contributed by atoms with Crippen molar-refractivity contribution in [2.75, 3.05) is 18.7 Å². The smallest absolute Gasteiger partial charge is 0.257 e. The van der Waals surface area contributed by atoms with Crippen molar-refractivity contribution < 1.29 is 17.9 Å². The van der Waals surface area contributed by atoms with Crippen LogP contribution in [0.25, 0.3) is 0 Å². The van der Waals surface area contributed by atoms with Crippen molar-refractivity contribution in [1.29, 1.82) is 0 Å². The van der Waals surface area contributed by atoms with E-state index in [0.29, 0.717) is 16.5 Å².